The molecule has 0 aliphatic carbocycles. The van der Waals surface area contributed by atoms with Crippen LogP contribution < -0.4 is 10.2 Å². The zero-order valence-electron chi connectivity index (χ0n) is 16.2. The number of nitrogens with zero attached hydrogens (tertiary/aromatic N) is 4. The average molecular weight is 355 g/mol. The number of amides is 1. The van der Waals surface area contributed by atoms with E-state index in [1.54, 1.807) is 6.07 Å². The molecule has 0 radical (unpaired) electrons. The first-order valence-electron chi connectivity index (χ1n) is 9.17. The van der Waals surface area contributed by atoms with Gasteiger partial charge in [0.05, 0.1) is 0 Å². The van der Waals surface area contributed by atoms with Gasteiger partial charge in [0.25, 0.3) is 5.91 Å². The summed E-state index contributed by atoms with van der Waals surface area (Å²) >= 11 is 0. The van der Waals surface area contributed by atoms with Crippen LogP contribution in [0.15, 0.2) is 36.4 Å². The zero-order valence-corrected chi connectivity index (χ0v) is 16.2. The number of carbonyl (C=O) groups excluding carboxylic acids is 1. The maximum absolute atomic E-state index is 12.6. The first-order chi connectivity index (χ1) is 12.5. The molecule has 6 nitrogen and oxygen atoms in total. The molecule has 1 aromatic heterocycles. The first-order valence-corrected chi connectivity index (χ1v) is 9.17. The molecule has 0 saturated carbocycles. The highest BCUT2D eigenvalue weighted by molar-refractivity contribution is 5.93. The fraction of sp³-hybridized carbons (Fsp3) is 0.450. The molecular formula is C20H29N5O. The van der Waals surface area contributed by atoms with E-state index in [1.165, 1.54) is 0 Å². The van der Waals surface area contributed by atoms with E-state index in [2.05, 4.69) is 38.9 Å². The maximum atomic E-state index is 12.6. The van der Waals surface area contributed by atoms with Gasteiger partial charge in [-0.2, -0.15) is 0 Å². The third kappa shape index (κ3) is 5.52. The van der Waals surface area contributed by atoms with Crippen LogP contribution >= 0.6 is 0 Å². The van der Waals surface area contributed by atoms with Crippen molar-refractivity contribution in [1.29, 1.82) is 0 Å². The second kappa shape index (κ2) is 9.87. The van der Waals surface area contributed by atoms with Gasteiger partial charge in [-0.15, -0.1) is 0 Å². The summed E-state index contributed by atoms with van der Waals surface area (Å²) in [5.41, 5.74) is 1.31. The number of nitrogens with one attached hydrogen (secondary N) is 1. The molecule has 6 heteroatoms. The summed E-state index contributed by atoms with van der Waals surface area (Å²) in [5, 5.41) is 2.96. The Labute approximate surface area is 156 Å². The van der Waals surface area contributed by atoms with Crippen LogP contribution in [-0.2, 0) is 0 Å². The highest BCUT2D eigenvalue weighted by atomic mass is 16.1. The fourth-order valence-corrected chi connectivity index (χ4v) is 2.66. The molecule has 1 heterocycles. The van der Waals surface area contributed by atoms with Crippen molar-refractivity contribution >= 4 is 11.7 Å². The van der Waals surface area contributed by atoms with Gasteiger partial charge in [0.2, 0.25) is 0 Å². The van der Waals surface area contributed by atoms with Crippen LogP contribution in [0.4, 0.5) is 5.82 Å². The Kier molecular flexibility index (Phi) is 7.53. The number of benzene rings is 1. The van der Waals surface area contributed by atoms with Crippen LogP contribution in [0.1, 0.15) is 30.8 Å². The number of carbonyl (C=O) groups is 1. The quantitative estimate of drug-likeness (QED) is 0.701. The lowest BCUT2D eigenvalue weighted by Crippen LogP contribution is -2.29. The van der Waals surface area contributed by atoms with Crippen LogP contribution in [0.3, 0.4) is 0 Å². The highest BCUT2D eigenvalue weighted by Crippen LogP contribution is 2.20. The predicted molar refractivity (Wildman–Crippen MR) is 107 cm³/mol. The second-order valence-corrected chi connectivity index (χ2v) is 6.39. The standard InChI is InChI=1S/C20H29N5O/c1-5-25(6-2)18-15-17(20(26)21-13-10-14-24(3)4)22-19(23-18)16-11-8-7-9-12-16/h7-9,11-12,15H,5-6,10,13-14H2,1-4H3,(H,21,26). The summed E-state index contributed by atoms with van der Waals surface area (Å²) in [6, 6.07) is 11.5. The number of anilines is 1. The number of rotatable bonds is 9. The van der Waals surface area contributed by atoms with Crippen LogP contribution in [-0.4, -0.2) is 61.0 Å². The topological polar surface area (TPSA) is 61.4 Å². The summed E-state index contributed by atoms with van der Waals surface area (Å²) in [6.45, 7) is 7.37. The van der Waals surface area contributed by atoms with Gasteiger partial charge in [-0.1, -0.05) is 30.3 Å². The van der Waals surface area contributed by atoms with Gasteiger partial charge in [0.1, 0.15) is 11.5 Å². The number of aromatic nitrogens is 2. The molecule has 0 fully saturated rings. The predicted octanol–water partition coefficient (Wildman–Crippen LogP) is 2.67. The number of hydrogen-bond acceptors (Lipinski definition) is 5. The van der Waals surface area contributed by atoms with Crippen LogP contribution in [0.25, 0.3) is 11.4 Å². The molecule has 0 saturated heterocycles. The average Bonchev–Trinajstić information content (AvgIpc) is 2.66. The lowest BCUT2D eigenvalue weighted by molar-refractivity contribution is 0.0947. The molecule has 2 aromatic rings. The Morgan fingerprint density at radius 2 is 1.77 bits per heavy atom. The molecular weight excluding hydrogens is 326 g/mol. The van der Waals surface area contributed by atoms with Crippen molar-refractivity contribution in [3.8, 4) is 11.4 Å². The largest absolute Gasteiger partial charge is 0.357 e. The Bertz CT molecular complexity index is 699. The van der Waals surface area contributed by atoms with Crippen molar-refractivity contribution in [3.05, 3.63) is 42.1 Å². The van der Waals surface area contributed by atoms with Crippen LogP contribution in [0.2, 0.25) is 0 Å². The minimum absolute atomic E-state index is 0.156. The molecule has 0 atom stereocenters. The molecule has 0 aliphatic heterocycles. The van der Waals surface area contributed by atoms with Crippen molar-refractivity contribution in [2.24, 2.45) is 0 Å². The van der Waals surface area contributed by atoms with Gasteiger partial charge >= 0.3 is 0 Å². The summed E-state index contributed by atoms with van der Waals surface area (Å²) in [7, 11) is 4.05. The summed E-state index contributed by atoms with van der Waals surface area (Å²) in [5.74, 6) is 1.20. The van der Waals surface area contributed by atoms with E-state index < -0.39 is 0 Å². The molecule has 0 unspecified atom stereocenters. The minimum atomic E-state index is -0.156. The van der Waals surface area contributed by atoms with E-state index in [-0.39, 0.29) is 5.91 Å². The van der Waals surface area contributed by atoms with Gasteiger partial charge in [-0.25, -0.2) is 9.97 Å². The molecule has 0 spiro atoms. The Morgan fingerprint density at radius 3 is 2.38 bits per heavy atom. The molecule has 0 bridgehead atoms. The SMILES string of the molecule is CCN(CC)c1cc(C(=O)NCCCN(C)C)nc(-c2ccccc2)n1. The summed E-state index contributed by atoms with van der Waals surface area (Å²) in [6.07, 6.45) is 0.901. The van der Waals surface area contributed by atoms with E-state index in [4.69, 9.17) is 0 Å². The van der Waals surface area contributed by atoms with Crippen molar-refractivity contribution < 1.29 is 4.79 Å². The van der Waals surface area contributed by atoms with E-state index in [0.717, 1.165) is 37.4 Å². The van der Waals surface area contributed by atoms with Crippen molar-refractivity contribution in [3.63, 3.8) is 0 Å². The Balaban J connectivity index is 2.26. The summed E-state index contributed by atoms with van der Waals surface area (Å²) < 4.78 is 0. The molecule has 140 valence electrons. The third-order valence-electron chi connectivity index (χ3n) is 4.13. The van der Waals surface area contributed by atoms with Crippen molar-refractivity contribution in [1.82, 2.24) is 20.2 Å². The Hall–Kier alpha value is -2.47. The van der Waals surface area contributed by atoms with Gasteiger partial charge < -0.3 is 15.1 Å². The third-order valence-corrected chi connectivity index (χ3v) is 4.13. The lowest BCUT2D eigenvalue weighted by atomic mass is 10.2. The molecule has 1 aromatic carbocycles. The molecule has 1 amide bonds. The zero-order chi connectivity index (χ0) is 18.9. The lowest BCUT2D eigenvalue weighted by Gasteiger charge is -2.21. The first kappa shape index (κ1) is 19.8. The van der Waals surface area contributed by atoms with Crippen LogP contribution in [0.5, 0.6) is 0 Å². The Morgan fingerprint density at radius 1 is 1.08 bits per heavy atom. The van der Waals surface area contributed by atoms with Gasteiger partial charge in [-0.05, 0) is 40.9 Å². The smallest absolute Gasteiger partial charge is 0.270 e. The minimum Gasteiger partial charge on any atom is -0.357 e. The second-order valence-electron chi connectivity index (χ2n) is 6.39. The molecule has 2 rings (SSSR count). The van der Waals surface area contributed by atoms with Crippen molar-refractivity contribution in [2.45, 2.75) is 20.3 Å². The molecule has 1 N–H and O–H groups in total. The maximum Gasteiger partial charge on any atom is 0.270 e. The highest BCUT2D eigenvalue weighted by Gasteiger charge is 2.15. The molecule has 0 aliphatic rings. The van der Waals surface area contributed by atoms with Gasteiger partial charge in [0, 0.05) is 31.3 Å². The van der Waals surface area contributed by atoms with Gasteiger partial charge in [0.15, 0.2) is 5.82 Å². The van der Waals surface area contributed by atoms with E-state index in [9.17, 15) is 4.79 Å². The monoisotopic (exact) mass is 355 g/mol. The van der Waals surface area contributed by atoms with E-state index in [1.807, 2.05) is 44.4 Å². The normalized spacial score (nSPS) is 10.8. The van der Waals surface area contributed by atoms with Crippen molar-refractivity contribution in [2.75, 3.05) is 45.2 Å². The van der Waals surface area contributed by atoms with Crippen LogP contribution in [0, 0.1) is 0 Å². The van der Waals surface area contributed by atoms with Gasteiger partial charge in [-0.3, -0.25) is 4.79 Å². The number of hydrogen-bond donors (Lipinski definition) is 1. The summed E-state index contributed by atoms with van der Waals surface area (Å²) in [4.78, 5) is 26.0. The van der Waals surface area contributed by atoms with E-state index >= 15 is 0 Å². The van der Waals surface area contributed by atoms with E-state index in [0.29, 0.717) is 18.1 Å². The fourth-order valence-electron chi connectivity index (χ4n) is 2.66. The molecule has 26 heavy (non-hydrogen) atoms.